The van der Waals surface area contributed by atoms with Gasteiger partial charge in [0.2, 0.25) is 0 Å². The van der Waals surface area contributed by atoms with Gasteiger partial charge in [-0.1, -0.05) is 12.5 Å². The Labute approximate surface area is 125 Å². The Balaban J connectivity index is 2.04. The summed E-state index contributed by atoms with van der Waals surface area (Å²) in [6.45, 7) is 2.73. The van der Waals surface area contributed by atoms with Crippen LogP contribution in [-0.2, 0) is 20.7 Å². The molecular weight excluding hydrogens is 268 g/mol. The van der Waals surface area contributed by atoms with Gasteiger partial charge in [-0.2, -0.15) is 0 Å². The summed E-state index contributed by atoms with van der Waals surface area (Å²) in [5, 5.41) is 0. The van der Waals surface area contributed by atoms with Crippen LogP contribution in [0.15, 0.2) is 12.1 Å². The van der Waals surface area contributed by atoms with Crippen LogP contribution in [0.4, 0.5) is 0 Å². The summed E-state index contributed by atoms with van der Waals surface area (Å²) >= 11 is 0. The van der Waals surface area contributed by atoms with Crippen LogP contribution in [0.2, 0.25) is 0 Å². The summed E-state index contributed by atoms with van der Waals surface area (Å²) in [7, 11) is 1.63. The number of rotatable bonds is 4. The zero-order valence-electron chi connectivity index (χ0n) is 12.7. The minimum Gasteiger partial charge on any atom is -0.496 e. The number of ether oxygens (including phenoxy) is 3. The van der Waals surface area contributed by atoms with Crippen molar-refractivity contribution >= 4 is 5.97 Å². The van der Waals surface area contributed by atoms with E-state index in [-0.39, 0.29) is 5.97 Å². The molecule has 0 bridgehead atoms. The van der Waals surface area contributed by atoms with Crippen LogP contribution in [0.1, 0.15) is 54.9 Å². The molecule has 0 N–H and O–H groups in total. The van der Waals surface area contributed by atoms with Crippen molar-refractivity contribution in [1.82, 2.24) is 0 Å². The Bertz CT molecular complexity index is 534. The van der Waals surface area contributed by atoms with Crippen LogP contribution < -0.4 is 4.74 Å². The van der Waals surface area contributed by atoms with Crippen molar-refractivity contribution in [3.05, 3.63) is 28.8 Å². The van der Waals surface area contributed by atoms with Crippen molar-refractivity contribution in [2.45, 2.75) is 44.6 Å². The van der Waals surface area contributed by atoms with Crippen molar-refractivity contribution < 1.29 is 19.0 Å². The maximum absolute atomic E-state index is 12.2. The zero-order valence-corrected chi connectivity index (χ0v) is 12.7. The number of methoxy groups -OCH3 is 1. The number of hydrogen-bond donors (Lipinski definition) is 0. The van der Waals surface area contributed by atoms with Crippen molar-refractivity contribution in [1.29, 1.82) is 0 Å². The molecule has 1 saturated carbocycles. The molecule has 4 heteroatoms. The van der Waals surface area contributed by atoms with Gasteiger partial charge in [0.25, 0.3) is 0 Å². The first kappa shape index (κ1) is 14.4. The molecule has 0 saturated heterocycles. The van der Waals surface area contributed by atoms with Gasteiger partial charge in [0.05, 0.1) is 20.3 Å². The summed E-state index contributed by atoms with van der Waals surface area (Å²) < 4.78 is 16.3. The number of fused-ring (bicyclic) bond motifs is 1. The highest BCUT2D eigenvalue weighted by Gasteiger charge is 2.35. The van der Waals surface area contributed by atoms with Gasteiger partial charge in [-0.25, -0.2) is 4.79 Å². The summed E-state index contributed by atoms with van der Waals surface area (Å²) in [5.41, 5.74) is 3.49. The summed E-state index contributed by atoms with van der Waals surface area (Å²) in [6, 6.07) is 4.13. The molecule has 0 radical (unpaired) electrons. The largest absolute Gasteiger partial charge is 0.496 e. The van der Waals surface area contributed by atoms with Gasteiger partial charge in [0.15, 0.2) is 6.10 Å². The number of hydrogen-bond acceptors (Lipinski definition) is 4. The van der Waals surface area contributed by atoms with Crippen molar-refractivity contribution in [2.24, 2.45) is 0 Å². The van der Waals surface area contributed by atoms with E-state index < -0.39 is 6.10 Å². The van der Waals surface area contributed by atoms with Gasteiger partial charge >= 0.3 is 5.97 Å². The Morgan fingerprint density at radius 1 is 1.38 bits per heavy atom. The highest BCUT2D eigenvalue weighted by Crippen LogP contribution is 2.44. The Morgan fingerprint density at radius 3 is 2.81 bits per heavy atom. The normalized spacial score (nSPS) is 21.3. The van der Waals surface area contributed by atoms with Crippen LogP contribution in [0, 0.1) is 0 Å². The van der Waals surface area contributed by atoms with Crippen LogP contribution >= 0.6 is 0 Å². The summed E-state index contributed by atoms with van der Waals surface area (Å²) in [6.07, 6.45) is 3.97. The lowest BCUT2D eigenvalue weighted by molar-refractivity contribution is -0.158. The van der Waals surface area contributed by atoms with Crippen LogP contribution in [0.25, 0.3) is 0 Å². The molecule has 1 aliphatic heterocycles. The maximum Gasteiger partial charge on any atom is 0.340 e. The molecule has 1 aromatic rings. The molecular formula is C17H22O4. The van der Waals surface area contributed by atoms with E-state index in [1.807, 2.05) is 13.0 Å². The van der Waals surface area contributed by atoms with Gasteiger partial charge in [-0.3, -0.25) is 0 Å². The fraction of sp³-hybridized carbons (Fsp3) is 0.588. The summed E-state index contributed by atoms with van der Waals surface area (Å²) in [4.78, 5) is 12.2. The molecule has 3 rings (SSSR count). The standard InChI is InChI=1S/C17H22O4/c1-3-20-17(18)16-15-13(9-10-21-16)12(11-5-4-6-11)7-8-14(15)19-2/h7-8,11,16H,3-6,9-10H2,1-2H3. The minimum atomic E-state index is -0.649. The van der Waals surface area contributed by atoms with Crippen LogP contribution in [-0.4, -0.2) is 26.3 Å². The van der Waals surface area contributed by atoms with E-state index in [1.54, 1.807) is 7.11 Å². The second-order valence-electron chi connectivity index (χ2n) is 5.63. The molecule has 1 heterocycles. The molecule has 114 valence electrons. The molecule has 4 nitrogen and oxygen atoms in total. The van der Waals surface area contributed by atoms with E-state index in [9.17, 15) is 4.79 Å². The monoisotopic (exact) mass is 290 g/mol. The van der Waals surface area contributed by atoms with E-state index in [0.29, 0.717) is 19.1 Å². The molecule has 1 unspecified atom stereocenters. The van der Waals surface area contributed by atoms with Gasteiger partial charge in [0.1, 0.15) is 5.75 Å². The molecule has 2 aliphatic rings. The molecule has 1 atom stereocenters. The lowest BCUT2D eigenvalue weighted by atomic mass is 9.76. The molecule has 0 spiro atoms. The zero-order chi connectivity index (χ0) is 14.8. The fourth-order valence-electron chi connectivity index (χ4n) is 3.27. The molecule has 1 aromatic carbocycles. The minimum absolute atomic E-state index is 0.317. The Kier molecular flexibility index (Phi) is 4.15. The van der Waals surface area contributed by atoms with Crippen LogP contribution in [0.3, 0.4) is 0 Å². The lowest BCUT2D eigenvalue weighted by Crippen LogP contribution is -2.27. The first-order valence-electron chi connectivity index (χ1n) is 7.74. The van der Waals surface area contributed by atoms with Crippen molar-refractivity contribution in [3.63, 3.8) is 0 Å². The number of carbonyl (C=O) groups is 1. The quantitative estimate of drug-likeness (QED) is 0.799. The number of esters is 1. The third kappa shape index (κ3) is 2.53. The van der Waals surface area contributed by atoms with Crippen molar-refractivity contribution in [2.75, 3.05) is 20.3 Å². The Hall–Kier alpha value is -1.55. The van der Waals surface area contributed by atoms with Gasteiger partial charge in [0, 0.05) is 5.56 Å². The average Bonchev–Trinajstić information content (AvgIpc) is 2.45. The topological polar surface area (TPSA) is 44.8 Å². The Morgan fingerprint density at radius 2 is 2.19 bits per heavy atom. The van der Waals surface area contributed by atoms with Crippen molar-refractivity contribution in [3.8, 4) is 5.75 Å². The number of carbonyl (C=O) groups excluding carboxylic acids is 1. The second kappa shape index (κ2) is 6.06. The highest BCUT2D eigenvalue weighted by molar-refractivity contribution is 5.79. The fourth-order valence-corrected chi connectivity index (χ4v) is 3.27. The third-order valence-electron chi connectivity index (χ3n) is 4.52. The van der Waals surface area contributed by atoms with E-state index in [2.05, 4.69) is 6.07 Å². The molecule has 0 aromatic heterocycles. The molecule has 1 aliphatic carbocycles. The maximum atomic E-state index is 12.2. The van der Waals surface area contributed by atoms with E-state index >= 15 is 0 Å². The van der Waals surface area contributed by atoms with Gasteiger partial charge in [-0.05, 0) is 49.3 Å². The van der Waals surface area contributed by atoms with E-state index in [1.165, 1.54) is 30.4 Å². The molecule has 1 fully saturated rings. The SMILES string of the molecule is CCOC(=O)C1OCCc2c(C3CCC3)ccc(OC)c21. The lowest BCUT2D eigenvalue weighted by Gasteiger charge is -2.33. The third-order valence-corrected chi connectivity index (χ3v) is 4.52. The average molecular weight is 290 g/mol. The van der Waals surface area contributed by atoms with E-state index in [4.69, 9.17) is 14.2 Å². The second-order valence-corrected chi connectivity index (χ2v) is 5.63. The van der Waals surface area contributed by atoms with Gasteiger partial charge < -0.3 is 14.2 Å². The highest BCUT2D eigenvalue weighted by atomic mass is 16.6. The molecule has 21 heavy (non-hydrogen) atoms. The first-order chi connectivity index (χ1) is 10.3. The number of benzene rings is 1. The van der Waals surface area contributed by atoms with E-state index in [0.717, 1.165) is 17.7 Å². The summed E-state index contributed by atoms with van der Waals surface area (Å²) in [5.74, 6) is 1.04. The predicted octanol–water partition coefficient (Wildman–Crippen LogP) is 3.14. The van der Waals surface area contributed by atoms with Gasteiger partial charge in [-0.15, -0.1) is 0 Å². The predicted molar refractivity (Wildman–Crippen MR) is 78.6 cm³/mol. The molecule has 0 amide bonds. The first-order valence-corrected chi connectivity index (χ1v) is 7.74. The smallest absolute Gasteiger partial charge is 0.340 e. The van der Waals surface area contributed by atoms with Crippen LogP contribution in [0.5, 0.6) is 5.75 Å².